The summed E-state index contributed by atoms with van der Waals surface area (Å²) in [5.41, 5.74) is 5.28. The lowest BCUT2D eigenvalue weighted by Crippen LogP contribution is -2.24. The first-order chi connectivity index (χ1) is 19.7. The number of aromatic nitrogens is 6. The zero-order valence-corrected chi connectivity index (χ0v) is 23.6. The number of nitrogens with zero attached hydrogens (tertiary/aromatic N) is 5. The van der Waals surface area contributed by atoms with Crippen molar-refractivity contribution in [1.82, 2.24) is 30.2 Å². The molecule has 0 saturated heterocycles. The van der Waals surface area contributed by atoms with Crippen LogP contribution in [0.15, 0.2) is 60.7 Å². The van der Waals surface area contributed by atoms with E-state index in [9.17, 15) is 9.59 Å². The predicted molar refractivity (Wildman–Crippen MR) is 154 cm³/mol. The molecule has 0 bridgehead atoms. The van der Waals surface area contributed by atoms with Gasteiger partial charge >= 0.3 is 11.9 Å². The Morgan fingerprint density at radius 3 is 2.46 bits per heavy atom. The highest BCUT2D eigenvalue weighted by atomic mass is 16.7. The molecule has 0 amide bonds. The van der Waals surface area contributed by atoms with E-state index in [2.05, 4.69) is 25.9 Å². The second-order valence-corrected chi connectivity index (χ2v) is 10.4. The number of carbonyl (C=O) groups excluding carboxylic acids is 2. The van der Waals surface area contributed by atoms with Gasteiger partial charge in [-0.05, 0) is 69.7 Å². The number of tetrazole rings is 1. The van der Waals surface area contributed by atoms with E-state index in [-0.39, 0.29) is 0 Å². The number of H-pyrrole nitrogens is 1. The van der Waals surface area contributed by atoms with E-state index in [4.69, 9.17) is 14.5 Å². The minimum atomic E-state index is -0.704. The summed E-state index contributed by atoms with van der Waals surface area (Å²) in [4.78, 5) is 29.9. The molecule has 0 unspecified atom stereocenters. The predicted octanol–water partition coefficient (Wildman–Crippen LogP) is 5.32. The van der Waals surface area contributed by atoms with Gasteiger partial charge in [-0.25, -0.2) is 9.78 Å². The van der Waals surface area contributed by atoms with Gasteiger partial charge in [-0.1, -0.05) is 36.4 Å². The highest BCUT2D eigenvalue weighted by Gasteiger charge is 2.24. The molecule has 41 heavy (non-hydrogen) atoms. The third-order valence-electron chi connectivity index (χ3n) is 6.49. The molecule has 5 aromatic rings. The molecule has 5 rings (SSSR count). The van der Waals surface area contributed by atoms with Gasteiger partial charge in [0.2, 0.25) is 12.6 Å². The Hall–Kier alpha value is -5.06. The zero-order valence-electron chi connectivity index (χ0n) is 23.6. The first kappa shape index (κ1) is 27.5. The van der Waals surface area contributed by atoms with Crippen molar-refractivity contribution >= 4 is 28.7 Å². The second kappa shape index (κ2) is 11.2. The number of rotatable bonds is 8. The molecule has 0 spiro atoms. The van der Waals surface area contributed by atoms with Crippen LogP contribution in [0.3, 0.4) is 0 Å². The van der Waals surface area contributed by atoms with E-state index < -0.39 is 24.1 Å². The number of hydrogen-bond acceptors (Lipinski definition) is 9. The first-order valence-electron chi connectivity index (χ1n) is 13.2. The van der Waals surface area contributed by atoms with E-state index in [1.165, 1.54) is 0 Å². The molecular formula is C30H31N7O4. The number of nitrogens with one attached hydrogen (secondary N) is 2. The number of ether oxygens (including phenoxy) is 2. The molecule has 11 heteroatoms. The molecule has 0 aliphatic carbocycles. The van der Waals surface area contributed by atoms with Crippen LogP contribution in [-0.2, 0) is 14.3 Å². The van der Waals surface area contributed by atoms with Crippen LogP contribution in [0.2, 0.25) is 0 Å². The highest BCUT2D eigenvalue weighted by molar-refractivity contribution is 6.03. The summed E-state index contributed by atoms with van der Waals surface area (Å²) in [6.45, 7) is 9.32. The summed E-state index contributed by atoms with van der Waals surface area (Å²) in [5, 5.41) is 18.0. The fraction of sp³-hybridized carbons (Fsp3) is 0.267. The number of para-hydroxylation sites is 1. The zero-order chi connectivity index (χ0) is 29.1. The summed E-state index contributed by atoms with van der Waals surface area (Å²) < 4.78 is 12.4. The summed E-state index contributed by atoms with van der Waals surface area (Å²) in [5.74, 6) is 0.124. The Kier molecular flexibility index (Phi) is 7.52. The van der Waals surface area contributed by atoms with Gasteiger partial charge in [0, 0.05) is 29.0 Å². The van der Waals surface area contributed by atoms with Gasteiger partial charge in [-0.3, -0.25) is 9.36 Å². The van der Waals surface area contributed by atoms with E-state index in [1.807, 2.05) is 66.9 Å². The quantitative estimate of drug-likeness (QED) is 0.193. The summed E-state index contributed by atoms with van der Waals surface area (Å²) in [6.07, 6.45) is 0. The van der Waals surface area contributed by atoms with Crippen molar-refractivity contribution in [2.24, 2.45) is 5.41 Å². The maximum absolute atomic E-state index is 13.2. The Labute approximate surface area is 236 Å². The molecule has 0 atom stereocenters. The van der Waals surface area contributed by atoms with Crippen molar-refractivity contribution < 1.29 is 19.1 Å². The van der Waals surface area contributed by atoms with Gasteiger partial charge in [0.15, 0.2) is 0 Å². The second-order valence-electron chi connectivity index (χ2n) is 10.4. The number of hydrogen-bond donors (Lipinski definition) is 2. The van der Waals surface area contributed by atoms with Crippen molar-refractivity contribution in [3.05, 3.63) is 72.1 Å². The van der Waals surface area contributed by atoms with E-state index in [0.717, 1.165) is 28.1 Å². The van der Waals surface area contributed by atoms with Crippen molar-refractivity contribution in [3.63, 3.8) is 0 Å². The third kappa shape index (κ3) is 5.51. The van der Waals surface area contributed by atoms with Crippen LogP contribution in [0.5, 0.6) is 0 Å². The van der Waals surface area contributed by atoms with Crippen LogP contribution in [0, 0.1) is 12.3 Å². The molecule has 3 aromatic carbocycles. The molecule has 0 aliphatic rings. The Bertz CT molecular complexity index is 1720. The maximum atomic E-state index is 13.2. The molecule has 0 radical (unpaired) electrons. The molecule has 210 valence electrons. The summed E-state index contributed by atoms with van der Waals surface area (Å²) >= 11 is 0. The molecule has 2 aromatic heterocycles. The van der Waals surface area contributed by atoms with Crippen molar-refractivity contribution in [2.45, 2.75) is 34.6 Å². The number of anilines is 1. The normalized spacial score (nSPS) is 11.4. The number of benzene rings is 3. The monoisotopic (exact) mass is 553 g/mol. The van der Waals surface area contributed by atoms with Gasteiger partial charge in [0.05, 0.1) is 22.0 Å². The molecule has 0 saturated carbocycles. The lowest BCUT2D eigenvalue weighted by molar-refractivity contribution is -0.161. The van der Waals surface area contributed by atoms with E-state index in [0.29, 0.717) is 34.8 Å². The fourth-order valence-electron chi connectivity index (χ4n) is 4.59. The molecule has 2 heterocycles. The van der Waals surface area contributed by atoms with E-state index in [1.54, 1.807) is 32.9 Å². The standard InChI is InChI=1S/C30H31N7O4/c1-6-31-25-16-19(14-15-21(25)20-10-7-8-11-22(20)27-33-35-36-34-27)37-18(2)32-24-13-9-12-23(26(24)37)28(38)40-17-41-29(39)30(3,4)5/h7-16,31H,6,17H2,1-5H3,(H,33,34,35,36). The lowest BCUT2D eigenvalue weighted by atomic mass is 9.97. The van der Waals surface area contributed by atoms with Crippen molar-refractivity contribution in [3.8, 4) is 28.2 Å². The number of imidazole rings is 1. The Balaban J connectivity index is 1.55. The topological polar surface area (TPSA) is 137 Å². The van der Waals surface area contributed by atoms with Gasteiger partial charge in [-0.2, -0.15) is 5.21 Å². The van der Waals surface area contributed by atoms with Crippen LogP contribution in [0.1, 0.15) is 43.9 Å². The largest absolute Gasteiger partial charge is 0.427 e. The molecular weight excluding hydrogens is 522 g/mol. The van der Waals surface area contributed by atoms with E-state index >= 15 is 0 Å². The van der Waals surface area contributed by atoms with Crippen LogP contribution < -0.4 is 5.32 Å². The Morgan fingerprint density at radius 1 is 0.976 bits per heavy atom. The average molecular weight is 554 g/mol. The number of aryl methyl sites for hydroxylation is 1. The summed E-state index contributed by atoms with van der Waals surface area (Å²) in [6, 6.07) is 19.1. The average Bonchev–Trinajstić information content (AvgIpc) is 3.60. The van der Waals surface area contributed by atoms with Gasteiger partial charge in [0.1, 0.15) is 5.82 Å². The molecule has 2 N–H and O–H groups in total. The van der Waals surface area contributed by atoms with Crippen LogP contribution >= 0.6 is 0 Å². The van der Waals surface area contributed by atoms with Crippen LogP contribution in [0.25, 0.3) is 39.2 Å². The number of fused-ring (bicyclic) bond motifs is 1. The minimum Gasteiger partial charge on any atom is -0.427 e. The number of carbonyl (C=O) groups is 2. The van der Waals surface area contributed by atoms with Gasteiger partial charge < -0.3 is 14.8 Å². The lowest BCUT2D eigenvalue weighted by Gasteiger charge is -2.17. The summed E-state index contributed by atoms with van der Waals surface area (Å²) in [7, 11) is 0. The van der Waals surface area contributed by atoms with Crippen molar-refractivity contribution in [2.75, 3.05) is 18.7 Å². The van der Waals surface area contributed by atoms with Gasteiger partial charge in [-0.15, -0.1) is 10.2 Å². The van der Waals surface area contributed by atoms with Crippen LogP contribution in [0.4, 0.5) is 5.69 Å². The van der Waals surface area contributed by atoms with Crippen LogP contribution in [-0.4, -0.2) is 55.5 Å². The first-order valence-corrected chi connectivity index (χ1v) is 13.2. The number of aromatic amines is 1. The maximum Gasteiger partial charge on any atom is 0.343 e. The molecule has 11 nitrogen and oxygen atoms in total. The molecule has 0 aliphatic heterocycles. The third-order valence-corrected chi connectivity index (χ3v) is 6.49. The SMILES string of the molecule is CCNc1cc(-n2c(C)nc3cccc(C(=O)OCOC(=O)C(C)(C)C)c32)ccc1-c1ccccc1-c1nn[nH]n1. The van der Waals surface area contributed by atoms with Gasteiger partial charge in [0.25, 0.3) is 0 Å². The minimum absolute atomic E-state index is 0.312. The molecule has 0 fully saturated rings. The smallest absolute Gasteiger partial charge is 0.343 e. The van der Waals surface area contributed by atoms with Crippen molar-refractivity contribution in [1.29, 1.82) is 0 Å². The highest BCUT2D eigenvalue weighted by Crippen LogP contribution is 2.37. The number of esters is 2. The fourth-order valence-corrected chi connectivity index (χ4v) is 4.59. The Morgan fingerprint density at radius 2 is 1.76 bits per heavy atom.